The molecule has 24 heavy (non-hydrogen) atoms. The number of hydrogen-bond acceptors (Lipinski definition) is 4. The number of benzene rings is 1. The van der Waals surface area contributed by atoms with Crippen LogP contribution < -0.4 is 10.1 Å². The average molecular weight is 326 g/mol. The largest absolute Gasteiger partial charge is 0.494 e. The van der Waals surface area contributed by atoms with E-state index >= 15 is 0 Å². The molecule has 0 saturated carbocycles. The minimum absolute atomic E-state index is 0.0244. The number of rotatable bonds is 8. The summed E-state index contributed by atoms with van der Waals surface area (Å²) in [4.78, 5) is 27.3. The number of nitrogens with zero attached hydrogens (tertiary/aromatic N) is 1. The zero-order valence-corrected chi connectivity index (χ0v) is 14.0. The molecule has 0 aliphatic heterocycles. The Morgan fingerprint density at radius 1 is 1.17 bits per heavy atom. The standard InChI is InChI=1S/C19H22N2O3/c1-14(18-6-3-4-12-20-18)21-19(23)7-5-13-24-17-10-8-16(9-11-17)15(2)22/h3-4,6,8-12,14H,5,7,13H2,1-2H3,(H,21,23). The van der Waals surface area contributed by atoms with Crippen molar-refractivity contribution in [3.63, 3.8) is 0 Å². The summed E-state index contributed by atoms with van der Waals surface area (Å²) in [6.45, 7) is 3.89. The number of Topliss-reactive ketones (excluding diaryl/α,β-unsaturated/α-hetero) is 1. The van der Waals surface area contributed by atoms with Gasteiger partial charge in [-0.25, -0.2) is 0 Å². The highest BCUT2D eigenvalue weighted by Crippen LogP contribution is 2.13. The second-order valence-corrected chi connectivity index (χ2v) is 5.58. The predicted octanol–water partition coefficient (Wildman–Crippen LogP) is 3.32. The van der Waals surface area contributed by atoms with Crippen LogP contribution in [0.5, 0.6) is 5.75 Å². The molecule has 1 aromatic carbocycles. The van der Waals surface area contributed by atoms with Gasteiger partial charge in [-0.3, -0.25) is 14.6 Å². The van der Waals surface area contributed by atoms with Gasteiger partial charge in [-0.05, 0) is 56.7 Å². The number of aromatic nitrogens is 1. The van der Waals surface area contributed by atoms with Crippen molar-refractivity contribution >= 4 is 11.7 Å². The van der Waals surface area contributed by atoms with Gasteiger partial charge in [0.1, 0.15) is 5.75 Å². The van der Waals surface area contributed by atoms with Gasteiger partial charge in [0.15, 0.2) is 5.78 Å². The summed E-state index contributed by atoms with van der Waals surface area (Å²) in [6, 6.07) is 12.5. The lowest BCUT2D eigenvalue weighted by Crippen LogP contribution is -2.27. The van der Waals surface area contributed by atoms with Gasteiger partial charge in [0.25, 0.3) is 0 Å². The molecule has 1 heterocycles. The van der Waals surface area contributed by atoms with Gasteiger partial charge >= 0.3 is 0 Å². The summed E-state index contributed by atoms with van der Waals surface area (Å²) >= 11 is 0. The fourth-order valence-electron chi connectivity index (χ4n) is 2.23. The Bertz CT molecular complexity index is 669. The molecule has 2 aromatic rings. The maximum atomic E-state index is 11.9. The van der Waals surface area contributed by atoms with E-state index < -0.39 is 0 Å². The molecule has 1 N–H and O–H groups in total. The van der Waals surface area contributed by atoms with Crippen LogP contribution in [0.4, 0.5) is 0 Å². The van der Waals surface area contributed by atoms with Crippen LogP contribution in [0.25, 0.3) is 0 Å². The van der Waals surface area contributed by atoms with Crippen molar-refractivity contribution in [3.05, 3.63) is 59.9 Å². The van der Waals surface area contributed by atoms with Crippen molar-refractivity contribution in [2.75, 3.05) is 6.61 Å². The zero-order chi connectivity index (χ0) is 17.4. The van der Waals surface area contributed by atoms with Crippen molar-refractivity contribution in [3.8, 4) is 5.75 Å². The number of nitrogens with one attached hydrogen (secondary N) is 1. The Kier molecular flexibility index (Phi) is 6.49. The third-order valence-electron chi connectivity index (χ3n) is 3.59. The van der Waals surface area contributed by atoms with E-state index in [1.807, 2.05) is 25.1 Å². The van der Waals surface area contributed by atoms with Gasteiger partial charge in [0.05, 0.1) is 18.3 Å². The van der Waals surface area contributed by atoms with Crippen LogP contribution in [0.3, 0.4) is 0 Å². The molecule has 0 aliphatic rings. The topological polar surface area (TPSA) is 68.3 Å². The molecule has 0 radical (unpaired) electrons. The Balaban J connectivity index is 1.68. The summed E-state index contributed by atoms with van der Waals surface area (Å²) in [5.74, 6) is 0.700. The second-order valence-electron chi connectivity index (χ2n) is 5.58. The maximum Gasteiger partial charge on any atom is 0.220 e. The van der Waals surface area contributed by atoms with Crippen LogP contribution in [-0.2, 0) is 4.79 Å². The van der Waals surface area contributed by atoms with Crippen molar-refractivity contribution < 1.29 is 14.3 Å². The van der Waals surface area contributed by atoms with Gasteiger partial charge in [0.2, 0.25) is 5.91 Å². The summed E-state index contributed by atoms with van der Waals surface area (Å²) in [7, 11) is 0. The van der Waals surface area contributed by atoms with Crippen LogP contribution in [0, 0.1) is 0 Å². The molecule has 5 nitrogen and oxygen atoms in total. The first-order valence-electron chi connectivity index (χ1n) is 8.00. The van der Waals surface area contributed by atoms with Crippen molar-refractivity contribution in [1.82, 2.24) is 10.3 Å². The van der Waals surface area contributed by atoms with Crippen LogP contribution in [0.1, 0.15) is 48.8 Å². The maximum absolute atomic E-state index is 11.9. The van der Waals surface area contributed by atoms with Crippen LogP contribution in [0.15, 0.2) is 48.7 Å². The fraction of sp³-hybridized carbons (Fsp3) is 0.316. The first-order valence-corrected chi connectivity index (χ1v) is 8.00. The molecule has 0 spiro atoms. The lowest BCUT2D eigenvalue weighted by molar-refractivity contribution is -0.122. The summed E-state index contributed by atoms with van der Waals surface area (Å²) in [5, 5.41) is 2.92. The highest BCUT2D eigenvalue weighted by molar-refractivity contribution is 5.94. The molecule has 126 valence electrons. The number of hydrogen-bond donors (Lipinski definition) is 1. The van der Waals surface area contributed by atoms with Gasteiger partial charge in [0, 0.05) is 18.2 Å². The van der Waals surface area contributed by atoms with Crippen LogP contribution >= 0.6 is 0 Å². The van der Waals surface area contributed by atoms with Crippen molar-refractivity contribution in [1.29, 1.82) is 0 Å². The number of carbonyl (C=O) groups excluding carboxylic acids is 2. The molecule has 0 saturated heterocycles. The molecule has 0 fully saturated rings. The molecule has 0 aliphatic carbocycles. The normalized spacial score (nSPS) is 11.6. The highest BCUT2D eigenvalue weighted by Gasteiger charge is 2.10. The summed E-state index contributed by atoms with van der Waals surface area (Å²) in [5.41, 5.74) is 1.50. The van der Waals surface area contributed by atoms with E-state index in [2.05, 4.69) is 10.3 Å². The van der Waals surface area contributed by atoms with E-state index in [9.17, 15) is 9.59 Å². The van der Waals surface area contributed by atoms with E-state index in [1.165, 1.54) is 6.92 Å². The van der Waals surface area contributed by atoms with E-state index in [4.69, 9.17) is 4.74 Å². The molecular weight excluding hydrogens is 304 g/mol. The molecule has 1 atom stereocenters. The Hall–Kier alpha value is -2.69. The minimum Gasteiger partial charge on any atom is -0.494 e. The minimum atomic E-state index is -0.112. The first kappa shape index (κ1) is 17.7. The summed E-state index contributed by atoms with van der Waals surface area (Å²) < 4.78 is 5.58. The first-order chi connectivity index (χ1) is 11.6. The molecule has 2 rings (SSSR count). The van der Waals surface area contributed by atoms with E-state index in [0.29, 0.717) is 30.8 Å². The van der Waals surface area contributed by atoms with Crippen molar-refractivity contribution in [2.45, 2.75) is 32.7 Å². The Morgan fingerprint density at radius 2 is 1.92 bits per heavy atom. The second kappa shape index (κ2) is 8.82. The molecule has 1 amide bonds. The zero-order valence-electron chi connectivity index (χ0n) is 14.0. The van der Waals surface area contributed by atoms with Gasteiger partial charge < -0.3 is 10.1 Å². The fourth-order valence-corrected chi connectivity index (χ4v) is 2.23. The number of amides is 1. The Labute approximate surface area is 142 Å². The van der Waals surface area contributed by atoms with Crippen LogP contribution in [-0.4, -0.2) is 23.3 Å². The van der Waals surface area contributed by atoms with E-state index in [0.717, 1.165) is 5.69 Å². The third-order valence-corrected chi connectivity index (χ3v) is 3.59. The molecule has 5 heteroatoms. The SMILES string of the molecule is CC(=O)c1ccc(OCCCC(=O)NC(C)c2ccccn2)cc1. The lowest BCUT2D eigenvalue weighted by Gasteiger charge is -2.13. The molecule has 0 bridgehead atoms. The summed E-state index contributed by atoms with van der Waals surface area (Å²) in [6.07, 6.45) is 2.72. The number of ketones is 1. The Morgan fingerprint density at radius 3 is 2.54 bits per heavy atom. The molecule has 1 aromatic heterocycles. The monoisotopic (exact) mass is 326 g/mol. The van der Waals surface area contributed by atoms with Crippen LogP contribution in [0.2, 0.25) is 0 Å². The third kappa shape index (κ3) is 5.50. The average Bonchev–Trinajstić information content (AvgIpc) is 2.60. The van der Waals surface area contributed by atoms with Gasteiger partial charge in [-0.1, -0.05) is 6.07 Å². The molecule has 1 unspecified atom stereocenters. The van der Waals surface area contributed by atoms with E-state index in [1.54, 1.807) is 30.5 Å². The quantitative estimate of drug-likeness (QED) is 0.597. The number of pyridine rings is 1. The molecular formula is C19H22N2O3. The lowest BCUT2D eigenvalue weighted by atomic mass is 10.1. The smallest absolute Gasteiger partial charge is 0.220 e. The van der Waals surface area contributed by atoms with E-state index in [-0.39, 0.29) is 17.7 Å². The van der Waals surface area contributed by atoms with Gasteiger partial charge in [-0.2, -0.15) is 0 Å². The number of carbonyl (C=O) groups is 2. The predicted molar refractivity (Wildman–Crippen MR) is 92.0 cm³/mol. The number of ether oxygens (including phenoxy) is 1. The van der Waals surface area contributed by atoms with Crippen molar-refractivity contribution in [2.24, 2.45) is 0 Å². The van der Waals surface area contributed by atoms with Gasteiger partial charge in [-0.15, -0.1) is 0 Å². The highest BCUT2D eigenvalue weighted by atomic mass is 16.5.